The van der Waals surface area contributed by atoms with Crippen molar-refractivity contribution < 1.29 is 9.53 Å². The Morgan fingerprint density at radius 2 is 1.82 bits per heavy atom. The van der Waals surface area contributed by atoms with Gasteiger partial charge in [0.15, 0.2) is 5.82 Å². The van der Waals surface area contributed by atoms with E-state index in [0.717, 1.165) is 5.69 Å². The van der Waals surface area contributed by atoms with E-state index in [1.165, 1.54) is 0 Å². The largest absolute Gasteiger partial charge is 0.486 e. The van der Waals surface area contributed by atoms with Gasteiger partial charge >= 0.3 is 0 Å². The van der Waals surface area contributed by atoms with Crippen LogP contribution in [-0.2, 0) is 6.61 Å². The number of tetrazole rings is 1. The van der Waals surface area contributed by atoms with Crippen molar-refractivity contribution in [3.8, 4) is 11.4 Å². The zero-order valence-corrected chi connectivity index (χ0v) is 11.6. The van der Waals surface area contributed by atoms with Crippen LogP contribution in [0.5, 0.6) is 5.75 Å². The van der Waals surface area contributed by atoms with Crippen LogP contribution in [0.15, 0.2) is 54.6 Å². The van der Waals surface area contributed by atoms with E-state index in [0.29, 0.717) is 17.1 Å². The van der Waals surface area contributed by atoms with Crippen LogP contribution in [0.3, 0.4) is 0 Å². The molecule has 0 spiro atoms. The number of para-hydroxylation sites is 1. The Balaban J connectivity index is 1.72. The summed E-state index contributed by atoms with van der Waals surface area (Å²) in [5, 5.41) is 11.6. The van der Waals surface area contributed by atoms with Crippen LogP contribution in [0.2, 0.25) is 0 Å². The van der Waals surface area contributed by atoms with Gasteiger partial charge in [0.25, 0.3) is 0 Å². The first kappa shape index (κ1) is 13.7. The van der Waals surface area contributed by atoms with E-state index in [1.807, 2.05) is 30.3 Å². The number of rotatable bonds is 5. The van der Waals surface area contributed by atoms with E-state index in [-0.39, 0.29) is 6.61 Å². The number of aromatic nitrogens is 4. The molecule has 0 radical (unpaired) electrons. The molecule has 110 valence electrons. The highest BCUT2D eigenvalue weighted by molar-refractivity contribution is 5.92. The molecule has 1 aromatic heterocycles. The molecule has 22 heavy (non-hydrogen) atoms. The Morgan fingerprint density at radius 3 is 2.50 bits per heavy atom. The monoisotopic (exact) mass is 295 g/mol. The van der Waals surface area contributed by atoms with Gasteiger partial charge in [-0.1, -0.05) is 18.2 Å². The summed E-state index contributed by atoms with van der Waals surface area (Å²) < 4.78 is 7.24. The van der Waals surface area contributed by atoms with E-state index in [2.05, 4.69) is 15.5 Å². The second kappa shape index (κ2) is 6.04. The molecule has 0 atom stereocenters. The van der Waals surface area contributed by atoms with Crippen molar-refractivity contribution in [2.75, 3.05) is 0 Å². The molecule has 1 amide bonds. The number of hydrogen-bond acceptors (Lipinski definition) is 5. The highest BCUT2D eigenvalue weighted by atomic mass is 16.5. The van der Waals surface area contributed by atoms with Crippen molar-refractivity contribution in [2.24, 2.45) is 5.73 Å². The molecule has 0 aliphatic rings. The molecule has 0 aliphatic heterocycles. The minimum absolute atomic E-state index is 0.206. The minimum Gasteiger partial charge on any atom is -0.486 e. The average Bonchev–Trinajstić information content (AvgIpc) is 3.02. The maximum atomic E-state index is 11.0. The standard InChI is InChI=1S/C15H13N5O2/c16-15(21)11-6-8-13(9-7-11)22-10-14-17-18-19-20(14)12-4-2-1-3-5-12/h1-9H,10H2,(H2,16,21). The fraction of sp³-hybridized carbons (Fsp3) is 0.0667. The summed E-state index contributed by atoms with van der Waals surface area (Å²) in [7, 11) is 0. The molecule has 7 nitrogen and oxygen atoms in total. The first-order valence-electron chi connectivity index (χ1n) is 6.59. The first-order valence-corrected chi connectivity index (χ1v) is 6.59. The Labute approximate surface area is 126 Å². The van der Waals surface area contributed by atoms with Crippen molar-refractivity contribution in [2.45, 2.75) is 6.61 Å². The van der Waals surface area contributed by atoms with Crippen LogP contribution in [0.25, 0.3) is 5.69 Å². The van der Waals surface area contributed by atoms with E-state index in [4.69, 9.17) is 10.5 Å². The zero-order chi connectivity index (χ0) is 15.4. The number of primary amides is 1. The second-order valence-electron chi connectivity index (χ2n) is 4.52. The Hall–Kier alpha value is -3.22. The third kappa shape index (κ3) is 2.93. The number of amides is 1. The number of carbonyl (C=O) groups is 1. The van der Waals surface area contributed by atoms with Crippen LogP contribution < -0.4 is 10.5 Å². The third-order valence-electron chi connectivity index (χ3n) is 3.04. The lowest BCUT2D eigenvalue weighted by molar-refractivity contribution is 0.1000. The summed E-state index contributed by atoms with van der Waals surface area (Å²) in [5.74, 6) is 0.706. The van der Waals surface area contributed by atoms with Crippen molar-refractivity contribution in [3.63, 3.8) is 0 Å². The SMILES string of the molecule is NC(=O)c1ccc(OCc2nnnn2-c2ccccc2)cc1. The number of benzene rings is 2. The van der Waals surface area contributed by atoms with Crippen molar-refractivity contribution in [3.05, 3.63) is 66.0 Å². The van der Waals surface area contributed by atoms with Gasteiger partial charge in [-0.3, -0.25) is 4.79 Å². The average molecular weight is 295 g/mol. The Kier molecular flexibility index (Phi) is 3.78. The molecule has 3 aromatic rings. The summed E-state index contributed by atoms with van der Waals surface area (Å²) in [4.78, 5) is 11.0. The van der Waals surface area contributed by atoms with E-state index < -0.39 is 5.91 Å². The van der Waals surface area contributed by atoms with Crippen LogP contribution >= 0.6 is 0 Å². The van der Waals surface area contributed by atoms with Gasteiger partial charge in [-0.25, -0.2) is 0 Å². The molecular formula is C15H13N5O2. The van der Waals surface area contributed by atoms with Gasteiger partial charge in [0.2, 0.25) is 5.91 Å². The van der Waals surface area contributed by atoms with Gasteiger partial charge in [0, 0.05) is 5.56 Å². The van der Waals surface area contributed by atoms with Crippen LogP contribution in [0, 0.1) is 0 Å². The lowest BCUT2D eigenvalue weighted by Gasteiger charge is -2.07. The molecule has 2 aromatic carbocycles. The van der Waals surface area contributed by atoms with E-state index in [9.17, 15) is 4.79 Å². The van der Waals surface area contributed by atoms with Gasteiger partial charge in [-0.05, 0) is 46.8 Å². The zero-order valence-electron chi connectivity index (χ0n) is 11.6. The molecule has 0 saturated heterocycles. The molecule has 0 aliphatic carbocycles. The highest BCUT2D eigenvalue weighted by Crippen LogP contribution is 2.14. The van der Waals surface area contributed by atoms with Gasteiger partial charge in [0.1, 0.15) is 12.4 Å². The van der Waals surface area contributed by atoms with Crippen molar-refractivity contribution >= 4 is 5.91 Å². The lowest BCUT2D eigenvalue weighted by atomic mass is 10.2. The number of hydrogen-bond donors (Lipinski definition) is 1. The number of ether oxygens (including phenoxy) is 1. The van der Waals surface area contributed by atoms with Gasteiger partial charge in [-0.15, -0.1) is 5.10 Å². The third-order valence-corrected chi connectivity index (χ3v) is 3.04. The Bertz CT molecular complexity index is 768. The van der Waals surface area contributed by atoms with Crippen LogP contribution in [0.1, 0.15) is 16.2 Å². The predicted molar refractivity (Wildman–Crippen MR) is 78.4 cm³/mol. The maximum Gasteiger partial charge on any atom is 0.248 e. The number of nitrogens with two attached hydrogens (primary N) is 1. The fourth-order valence-electron chi connectivity index (χ4n) is 1.93. The Morgan fingerprint density at radius 1 is 1.09 bits per heavy atom. The minimum atomic E-state index is -0.473. The maximum absolute atomic E-state index is 11.0. The first-order chi connectivity index (χ1) is 10.7. The number of carbonyl (C=O) groups excluding carboxylic acids is 1. The van der Waals surface area contributed by atoms with Crippen LogP contribution in [-0.4, -0.2) is 26.1 Å². The summed E-state index contributed by atoms with van der Waals surface area (Å²) >= 11 is 0. The van der Waals surface area contributed by atoms with Crippen molar-refractivity contribution in [1.29, 1.82) is 0 Å². The van der Waals surface area contributed by atoms with E-state index in [1.54, 1.807) is 28.9 Å². The molecule has 0 saturated carbocycles. The molecule has 0 fully saturated rings. The van der Waals surface area contributed by atoms with Crippen LogP contribution in [0.4, 0.5) is 0 Å². The molecule has 2 N–H and O–H groups in total. The quantitative estimate of drug-likeness (QED) is 0.766. The summed E-state index contributed by atoms with van der Waals surface area (Å²) in [6.45, 7) is 0.206. The second-order valence-corrected chi connectivity index (χ2v) is 4.52. The molecule has 0 bridgehead atoms. The normalized spacial score (nSPS) is 10.4. The highest BCUT2D eigenvalue weighted by Gasteiger charge is 2.09. The summed E-state index contributed by atoms with van der Waals surface area (Å²) in [5.41, 5.74) is 6.48. The molecule has 1 heterocycles. The smallest absolute Gasteiger partial charge is 0.248 e. The molecular weight excluding hydrogens is 282 g/mol. The predicted octanol–water partition coefficient (Wildman–Crippen LogP) is 1.34. The topological polar surface area (TPSA) is 95.9 Å². The number of nitrogens with zero attached hydrogens (tertiary/aromatic N) is 4. The summed E-state index contributed by atoms with van der Waals surface area (Å²) in [6.07, 6.45) is 0. The molecule has 7 heteroatoms. The van der Waals surface area contributed by atoms with E-state index >= 15 is 0 Å². The fourth-order valence-corrected chi connectivity index (χ4v) is 1.93. The van der Waals surface area contributed by atoms with Gasteiger partial charge in [-0.2, -0.15) is 4.68 Å². The lowest BCUT2D eigenvalue weighted by Crippen LogP contribution is -2.10. The van der Waals surface area contributed by atoms with Gasteiger partial charge in [0.05, 0.1) is 5.69 Å². The molecule has 0 unspecified atom stereocenters. The summed E-state index contributed by atoms with van der Waals surface area (Å²) in [6, 6.07) is 16.1. The van der Waals surface area contributed by atoms with Crippen molar-refractivity contribution in [1.82, 2.24) is 20.2 Å². The molecule has 3 rings (SSSR count). The van der Waals surface area contributed by atoms with Gasteiger partial charge < -0.3 is 10.5 Å².